The first-order valence-corrected chi connectivity index (χ1v) is 7.31. The van der Waals surface area contributed by atoms with Gasteiger partial charge in [0.05, 0.1) is 11.2 Å². The number of para-hydroxylation sites is 1. The van der Waals surface area contributed by atoms with Crippen LogP contribution >= 0.6 is 0 Å². The van der Waals surface area contributed by atoms with E-state index < -0.39 is 0 Å². The Hall–Kier alpha value is -1.35. The summed E-state index contributed by atoms with van der Waals surface area (Å²) in [5.74, 6) is 0. The summed E-state index contributed by atoms with van der Waals surface area (Å²) in [4.78, 5) is 0. The molecule has 0 atom stereocenters. The van der Waals surface area contributed by atoms with E-state index in [-0.39, 0.29) is 5.54 Å². The van der Waals surface area contributed by atoms with Crippen molar-refractivity contribution in [3.63, 3.8) is 0 Å². The van der Waals surface area contributed by atoms with E-state index in [4.69, 9.17) is 0 Å². The maximum atomic E-state index is 4.65. The van der Waals surface area contributed by atoms with E-state index in [1.807, 2.05) is 11.7 Å². The van der Waals surface area contributed by atoms with Crippen molar-refractivity contribution >= 4 is 10.9 Å². The third-order valence-electron chi connectivity index (χ3n) is 4.50. The SMILES string of the molecule is CCC(CC)(CC)NCc1nn(C)c2ccccc12. The first kappa shape index (κ1) is 14.1. The minimum atomic E-state index is 0.249. The Morgan fingerprint density at radius 1 is 1.11 bits per heavy atom. The van der Waals surface area contributed by atoms with Gasteiger partial charge in [-0.1, -0.05) is 39.0 Å². The highest BCUT2D eigenvalue weighted by Gasteiger charge is 2.23. The minimum absolute atomic E-state index is 0.249. The molecule has 2 aromatic rings. The fourth-order valence-electron chi connectivity index (χ4n) is 2.82. The van der Waals surface area contributed by atoms with Crippen LogP contribution in [0.25, 0.3) is 10.9 Å². The van der Waals surface area contributed by atoms with E-state index in [9.17, 15) is 0 Å². The molecule has 104 valence electrons. The van der Waals surface area contributed by atoms with E-state index in [0.29, 0.717) is 0 Å². The van der Waals surface area contributed by atoms with Crippen molar-refractivity contribution in [3.8, 4) is 0 Å². The predicted molar refractivity (Wildman–Crippen MR) is 81.2 cm³/mol. The molecule has 0 aliphatic carbocycles. The number of hydrogen-bond acceptors (Lipinski definition) is 2. The molecule has 1 N–H and O–H groups in total. The van der Waals surface area contributed by atoms with Crippen LogP contribution in [0.15, 0.2) is 24.3 Å². The number of aromatic nitrogens is 2. The fourth-order valence-corrected chi connectivity index (χ4v) is 2.82. The lowest BCUT2D eigenvalue weighted by molar-refractivity contribution is 0.287. The molecule has 0 spiro atoms. The maximum absolute atomic E-state index is 4.65. The maximum Gasteiger partial charge on any atom is 0.0841 e. The molecule has 1 aromatic carbocycles. The second kappa shape index (κ2) is 5.74. The van der Waals surface area contributed by atoms with Crippen LogP contribution in [-0.4, -0.2) is 15.3 Å². The lowest BCUT2D eigenvalue weighted by Gasteiger charge is -2.31. The van der Waals surface area contributed by atoms with Crippen LogP contribution in [0.2, 0.25) is 0 Å². The summed E-state index contributed by atoms with van der Waals surface area (Å²) in [7, 11) is 2.01. The molecule has 0 saturated carbocycles. The molecule has 0 bridgehead atoms. The molecule has 0 unspecified atom stereocenters. The average molecular weight is 259 g/mol. The van der Waals surface area contributed by atoms with Crippen LogP contribution in [0.4, 0.5) is 0 Å². The summed E-state index contributed by atoms with van der Waals surface area (Å²) < 4.78 is 1.97. The Labute approximate surface area is 116 Å². The summed E-state index contributed by atoms with van der Waals surface area (Å²) >= 11 is 0. The van der Waals surface area contributed by atoms with Gasteiger partial charge in [-0.2, -0.15) is 5.10 Å². The summed E-state index contributed by atoms with van der Waals surface area (Å²) in [5.41, 5.74) is 2.60. The summed E-state index contributed by atoms with van der Waals surface area (Å²) in [6, 6.07) is 8.43. The van der Waals surface area contributed by atoms with Crippen molar-refractivity contribution in [1.82, 2.24) is 15.1 Å². The first-order chi connectivity index (χ1) is 9.15. The largest absolute Gasteiger partial charge is 0.306 e. The fraction of sp³-hybridized carbons (Fsp3) is 0.562. The number of nitrogens with zero attached hydrogens (tertiary/aromatic N) is 2. The van der Waals surface area contributed by atoms with Crippen molar-refractivity contribution < 1.29 is 0 Å². The van der Waals surface area contributed by atoms with Crippen LogP contribution in [0.1, 0.15) is 45.7 Å². The van der Waals surface area contributed by atoms with Gasteiger partial charge in [0.25, 0.3) is 0 Å². The van der Waals surface area contributed by atoms with Gasteiger partial charge in [0.2, 0.25) is 0 Å². The molecule has 0 radical (unpaired) electrons. The Morgan fingerprint density at radius 3 is 2.37 bits per heavy atom. The molecule has 0 aliphatic heterocycles. The van der Waals surface area contributed by atoms with Crippen LogP contribution in [0, 0.1) is 0 Å². The van der Waals surface area contributed by atoms with Gasteiger partial charge in [-0.3, -0.25) is 4.68 Å². The molecule has 0 saturated heterocycles. The lowest BCUT2D eigenvalue weighted by Crippen LogP contribution is -2.43. The number of aryl methyl sites for hydroxylation is 1. The van der Waals surface area contributed by atoms with Crippen molar-refractivity contribution in [2.24, 2.45) is 7.05 Å². The second-order valence-corrected chi connectivity index (χ2v) is 5.28. The van der Waals surface area contributed by atoms with E-state index in [1.54, 1.807) is 0 Å². The molecule has 0 fully saturated rings. The van der Waals surface area contributed by atoms with Gasteiger partial charge in [0.15, 0.2) is 0 Å². The number of hydrogen-bond donors (Lipinski definition) is 1. The van der Waals surface area contributed by atoms with Gasteiger partial charge in [-0.15, -0.1) is 0 Å². The molecule has 3 nitrogen and oxygen atoms in total. The monoisotopic (exact) mass is 259 g/mol. The number of rotatable bonds is 6. The first-order valence-electron chi connectivity index (χ1n) is 7.31. The molecule has 2 rings (SSSR count). The van der Waals surface area contributed by atoms with Gasteiger partial charge in [-0.05, 0) is 25.3 Å². The average Bonchev–Trinajstić information content (AvgIpc) is 2.78. The number of nitrogens with one attached hydrogen (secondary N) is 1. The van der Waals surface area contributed by atoms with Crippen molar-refractivity contribution in [3.05, 3.63) is 30.0 Å². The number of fused-ring (bicyclic) bond motifs is 1. The van der Waals surface area contributed by atoms with Gasteiger partial charge >= 0.3 is 0 Å². The van der Waals surface area contributed by atoms with Crippen molar-refractivity contribution in [2.45, 2.75) is 52.1 Å². The molecule has 0 aliphatic rings. The summed E-state index contributed by atoms with van der Waals surface area (Å²) in [6.45, 7) is 7.63. The Morgan fingerprint density at radius 2 is 1.74 bits per heavy atom. The number of benzene rings is 1. The Kier molecular flexibility index (Phi) is 4.25. The van der Waals surface area contributed by atoms with Crippen LogP contribution in [-0.2, 0) is 13.6 Å². The third-order valence-corrected chi connectivity index (χ3v) is 4.50. The van der Waals surface area contributed by atoms with Crippen LogP contribution in [0.3, 0.4) is 0 Å². The predicted octanol–water partition coefficient (Wildman–Crippen LogP) is 3.63. The highest BCUT2D eigenvalue weighted by Crippen LogP contribution is 2.22. The van der Waals surface area contributed by atoms with Gasteiger partial charge in [0.1, 0.15) is 0 Å². The summed E-state index contributed by atoms with van der Waals surface area (Å²) in [5, 5.41) is 9.64. The lowest BCUT2D eigenvalue weighted by atomic mass is 9.90. The van der Waals surface area contributed by atoms with E-state index in [2.05, 4.69) is 55.5 Å². The van der Waals surface area contributed by atoms with Crippen LogP contribution in [0.5, 0.6) is 0 Å². The molecular weight excluding hydrogens is 234 g/mol. The van der Waals surface area contributed by atoms with E-state index in [1.165, 1.54) is 10.9 Å². The zero-order chi connectivity index (χ0) is 13.9. The highest BCUT2D eigenvalue weighted by molar-refractivity contribution is 5.81. The third kappa shape index (κ3) is 2.66. The molecule has 3 heteroatoms. The zero-order valence-electron chi connectivity index (χ0n) is 12.5. The zero-order valence-corrected chi connectivity index (χ0v) is 12.5. The van der Waals surface area contributed by atoms with E-state index in [0.717, 1.165) is 31.5 Å². The van der Waals surface area contributed by atoms with Gasteiger partial charge in [0, 0.05) is 24.5 Å². The molecular formula is C16H25N3. The second-order valence-electron chi connectivity index (χ2n) is 5.28. The van der Waals surface area contributed by atoms with Crippen molar-refractivity contribution in [2.75, 3.05) is 0 Å². The van der Waals surface area contributed by atoms with Crippen molar-refractivity contribution in [1.29, 1.82) is 0 Å². The normalized spacial score (nSPS) is 12.2. The highest BCUT2D eigenvalue weighted by atomic mass is 15.3. The summed E-state index contributed by atoms with van der Waals surface area (Å²) in [6.07, 6.45) is 3.47. The molecule has 1 heterocycles. The minimum Gasteiger partial charge on any atom is -0.306 e. The standard InChI is InChI=1S/C16H25N3/c1-5-16(6-2,7-3)17-12-14-13-10-8-9-11-15(13)19(4)18-14/h8-11,17H,5-7,12H2,1-4H3. The molecule has 19 heavy (non-hydrogen) atoms. The Balaban J connectivity index is 2.22. The topological polar surface area (TPSA) is 29.9 Å². The van der Waals surface area contributed by atoms with E-state index >= 15 is 0 Å². The van der Waals surface area contributed by atoms with Gasteiger partial charge < -0.3 is 5.32 Å². The molecule has 1 aromatic heterocycles. The van der Waals surface area contributed by atoms with Gasteiger partial charge in [-0.25, -0.2) is 0 Å². The quantitative estimate of drug-likeness (QED) is 0.858. The van der Waals surface area contributed by atoms with Crippen LogP contribution < -0.4 is 5.32 Å². The Bertz CT molecular complexity index is 530. The molecule has 0 amide bonds. The smallest absolute Gasteiger partial charge is 0.0841 e.